The minimum absolute atomic E-state index is 0. The van der Waals surface area contributed by atoms with Crippen molar-refractivity contribution in [2.75, 3.05) is 20.2 Å². The smallest absolute Gasteiger partial charge is 0.225 e. The van der Waals surface area contributed by atoms with E-state index < -0.39 is 0 Å². The van der Waals surface area contributed by atoms with Crippen LogP contribution >= 0.6 is 28.3 Å². The zero-order chi connectivity index (χ0) is 13.8. The van der Waals surface area contributed by atoms with Crippen molar-refractivity contribution in [3.8, 4) is 0 Å². The normalized spacial score (nSPS) is 15.2. The van der Waals surface area contributed by atoms with Crippen molar-refractivity contribution in [2.24, 2.45) is 5.73 Å². The van der Waals surface area contributed by atoms with Gasteiger partial charge in [0.25, 0.3) is 0 Å². The molecule has 2 rings (SSSR count). The van der Waals surface area contributed by atoms with Gasteiger partial charge in [0.1, 0.15) is 0 Å². The van der Waals surface area contributed by atoms with Crippen molar-refractivity contribution in [3.63, 3.8) is 0 Å². The quantitative estimate of drug-likeness (QED) is 0.891. The Labute approximate surface area is 134 Å². The van der Waals surface area contributed by atoms with E-state index in [9.17, 15) is 4.79 Å². The molecule has 0 fully saturated rings. The first-order chi connectivity index (χ1) is 9.15. The van der Waals surface area contributed by atoms with Gasteiger partial charge in [0.15, 0.2) is 0 Å². The minimum atomic E-state index is -0.184. The highest BCUT2D eigenvalue weighted by molar-refractivity contribution is 9.10. The molecule has 2 N–H and O–H groups in total. The van der Waals surface area contributed by atoms with Crippen LogP contribution in [0.4, 0.5) is 0 Å². The highest BCUT2D eigenvalue weighted by Gasteiger charge is 2.23. The summed E-state index contributed by atoms with van der Waals surface area (Å²) in [6, 6.07) is 6.14. The van der Waals surface area contributed by atoms with Crippen LogP contribution in [0, 0.1) is 0 Å². The molecule has 20 heavy (non-hydrogen) atoms. The van der Waals surface area contributed by atoms with E-state index in [2.05, 4.69) is 22.0 Å². The van der Waals surface area contributed by atoms with Gasteiger partial charge in [-0.15, -0.1) is 12.4 Å². The average Bonchev–Trinajstić information content (AvgIpc) is 2.44. The number of hydrogen-bond donors (Lipinski definition) is 1. The summed E-state index contributed by atoms with van der Waals surface area (Å²) in [5.41, 5.74) is 8.09. The van der Waals surface area contributed by atoms with Crippen molar-refractivity contribution in [2.45, 2.75) is 25.5 Å². The average molecular weight is 364 g/mol. The summed E-state index contributed by atoms with van der Waals surface area (Å²) >= 11 is 3.56. The monoisotopic (exact) mass is 362 g/mol. The van der Waals surface area contributed by atoms with Gasteiger partial charge in [0, 0.05) is 31.2 Å². The number of ether oxygens (including phenoxy) is 1. The van der Waals surface area contributed by atoms with Gasteiger partial charge in [-0.1, -0.05) is 28.1 Å². The van der Waals surface area contributed by atoms with Crippen molar-refractivity contribution in [1.29, 1.82) is 0 Å². The van der Waals surface area contributed by atoms with E-state index in [-0.39, 0.29) is 24.4 Å². The van der Waals surface area contributed by atoms with Crippen LogP contribution in [0.15, 0.2) is 22.7 Å². The van der Waals surface area contributed by atoms with Crippen LogP contribution in [0.1, 0.15) is 17.5 Å². The molecule has 1 unspecified atom stereocenters. The van der Waals surface area contributed by atoms with E-state index in [1.54, 1.807) is 7.11 Å². The predicted molar refractivity (Wildman–Crippen MR) is 85.0 cm³/mol. The largest absolute Gasteiger partial charge is 0.380 e. The summed E-state index contributed by atoms with van der Waals surface area (Å²) in [6.07, 6.45) is 1.07. The van der Waals surface area contributed by atoms with E-state index in [1.165, 1.54) is 11.1 Å². The van der Waals surface area contributed by atoms with Crippen LogP contribution in [0.5, 0.6) is 0 Å². The molecule has 1 heterocycles. The summed E-state index contributed by atoms with van der Waals surface area (Å²) in [7, 11) is 1.59. The third kappa shape index (κ3) is 3.95. The molecule has 0 aliphatic carbocycles. The highest BCUT2D eigenvalue weighted by atomic mass is 79.9. The Bertz CT molecular complexity index is 466. The van der Waals surface area contributed by atoms with Gasteiger partial charge in [-0.2, -0.15) is 0 Å². The van der Waals surface area contributed by atoms with E-state index >= 15 is 0 Å². The highest BCUT2D eigenvalue weighted by Crippen LogP contribution is 2.26. The zero-order valence-corrected chi connectivity index (χ0v) is 13.9. The topological polar surface area (TPSA) is 55.6 Å². The molecule has 4 nitrogen and oxygen atoms in total. The Kier molecular flexibility index (Phi) is 6.95. The van der Waals surface area contributed by atoms with E-state index in [4.69, 9.17) is 10.5 Å². The number of nitrogens with two attached hydrogens (primary N) is 1. The molecule has 0 aromatic heterocycles. The van der Waals surface area contributed by atoms with Crippen LogP contribution in [0.2, 0.25) is 0 Å². The molecule has 112 valence electrons. The van der Waals surface area contributed by atoms with E-state index in [0.29, 0.717) is 19.5 Å². The molecule has 1 aromatic rings. The van der Waals surface area contributed by atoms with Gasteiger partial charge in [-0.05, 0) is 23.6 Å². The predicted octanol–water partition coefficient (Wildman–Crippen LogP) is 2.12. The second-order valence-electron chi connectivity index (χ2n) is 4.74. The molecule has 6 heteroatoms. The van der Waals surface area contributed by atoms with E-state index in [1.807, 2.05) is 17.0 Å². The molecule has 0 radical (unpaired) electrons. The fraction of sp³-hybridized carbons (Fsp3) is 0.500. The van der Waals surface area contributed by atoms with Crippen molar-refractivity contribution in [1.82, 2.24) is 4.90 Å². The number of carbonyl (C=O) groups excluding carboxylic acids is 1. The Morgan fingerprint density at radius 1 is 1.55 bits per heavy atom. The van der Waals surface area contributed by atoms with Crippen LogP contribution < -0.4 is 5.73 Å². The van der Waals surface area contributed by atoms with Crippen LogP contribution in [0.3, 0.4) is 0 Å². The van der Waals surface area contributed by atoms with Crippen molar-refractivity contribution in [3.05, 3.63) is 33.8 Å². The van der Waals surface area contributed by atoms with Crippen LogP contribution in [-0.2, 0) is 22.5 Å². The first-order valence-electron chi connectivity index (χ1n) is 6.42. The molecule has 0 saturated carbocycles. The summed E-state index contributed by atoms with van der Waals surface area (Å²) in [5.74, 6) is 0.114. The number of rotatable bonds is 4. The van der Waals surface area contributed by atoms with Gasteiger partial charge >= 0.3 is 0 Å². The molecule has 0 spiro atoms. The summed E-state index contributed by atoms with van der Waals surface area (Å²) < 4.78 is 6.30. The maximum Gasteiger partial charge on any atom is 0.225 e. The number of carbonyl (C=O) groups is 1. The van der Waals surface area contributed by atoms with E-state index in [0.717, 1.165) is 17.4 Å². The lowest BCUT2D eigenvalue weighted by atomic mass is 9.99. The second kappa shape index (κ2) is 7.98. The molecular weight excluding hydrogens is 344 g/mol. The second-order valence-corrected chi connectivity index (χ2v) is 5.59. The van der Waals surface area contributed by atoms with Crippen LogP contribution in [-0.4, -0.2) is 37.1 Å². The Morgan fingerprint density at radius 3 is 2.95 bits per heavy atom. The number of hydrogen-bond acceptors (Lipinski definition) is 3. The lowest BCUT2D eigenvalue weighted by molar-refractivity contribution is -0.134. The Hall–Kier alpha value is -0.620. The Morgan fingerprint density at radius 2 is 2.30 bits per heavy atom. The molecule has 1 atom stereocenters. The fourth-order valence-electron chi connectivity index (χ4n) is 2.36. The third-order valence-electron chi connectivity index (χ3n) is 3.56. The summed E-state index contributed by atoms with van der Waals surface area (Å²) in [5, 5.41) is 0. The van der Waals surface area contributed by atoms with Gasteiger partial charge in [-0.3, -0.25) is 4.79 Å². The van der Waals surface area contributed by atoms with Gasteiger partial charge in [-0.25, -0.2) is 0 Å². The number of nitrogens with zero attached hydrogens (tertiary/aromatic N) is 1. The number of fused-ring (bicyclic) bond motifs is 1. The molecule has 1 aromatic carbocycles. The Balaban J connectivity index is 0.00000200. The zero-order valence-electron chi connectivity index (χ0n) is 11.5. The van der Waals surface area contributed by atoms with Gasteiger partial charge in [0.05, 0.1) is 12.5 Å². The number of methoxy groups -OCH3 is 1. The van der Waals surface area contributed by atoms with Gasteiger partial charge in [0.2, 0.25) is 5.91 Å². The maximum absolute atomic E-state index is 12.2. The lowest BCUT2D eigenvalue weighted by Gasteiger charge is -2.30. The molecule has 1 aliphatic rings. The fourth-order valence-corrected chi connectivity index (χ4v) is 2.97. The summed E-state index contributed by atoms with van der Waals surface area (Å²) in [4.78, 5) is 14.1. The summed E-state index contributed by atoms with van der Waals surface area (Å²) in [6.45, 7) is 1.81. The minimum Gasteiger partial charge on any atom is -0.380 e. The first kappa shape index (κ1) is 17.4. The van der Waals surface area contributed by atoms with Crippen LogP contribution in [0.25, 0.3) is 0 Å². The van der Waals surface area contributed by atoms with Gasteiger partial charge < -0.3 is 15.4 Å². The number of amides is 1. The standard InChI is InChI=1S/C14H19BrN2O2.ClH/c1-19-11(8-16)7-14(18)17-6-5-12-10(9-17)3-2-4-13(12)15;/h2-4,11H,5-9,16H2,1H3;1H. The van der Waals surface area contributed by atoms with Crippen molar-refractivity contribution < 1.29 is 9.53 Å². The molecule has 0 bridgehead atoms. The van der Waals surface area contributed by atoms with Crippen molar-refractivity contribution >= 4 is 34.2 Å². The third-order valence-corrected chi connectivity index (χ3v) is 4.30. The maximum atomic E-state index is 12.2. The molecular formula is C14H20BrClN2O2. The lowest BCUT2D eigenvalue weighted by Crippen LogP contribution is -2.39. The SMILES string of the molecule is COC(CN)CC(=O)N1CCc2c(Br)cccc2C1.Cl. The first-order valence-corrected chi connectivity index (χ1v) is 7.22. The molecule has 0 saturated heterocycles. The molecule has 1 aliphatic heterocycles. The number of halogens is 2. The number of benzene rings is 1. The molecule has 1 amide bonds.